The topological polar surface area (TPSA) is 92.8 Å². The van der Waals surface area contributed by atoms with Crippen LogP contribution in [0.25, 0.3) is 0 Å². The Hall–Kier alpha value is -2.87. The number of nitrogens with one attached hydrogen (secondary N) is 1. The van der Waals surface area contributed by atoms with E-state index < -0.39 is 21.5 Å². The van der Waals surface area contributed by atoms with Gasteiger partial charge in [-0.15, -0.1) is 0 Å². The quantitative estimate of drug-likeness (QED) is 0.767. The van der Waals surface area contributed by atoms with Crippen molar-refractivity contribution in [2.75, 3.05) is 6.54 Å². The van der Waals surface area contributed by atoms with Gasteiger partial charge in [-0.2, -0.15) is 0 Å². The van der Waals surface area contributed by atoms with E-state index in [1.54, 1.807) is 12.1 Å². The molecule has 0 radical (unpaired) electrons. The monoisotopic (exact) mass is 442 g/mol. The van der Waals surface area contributed by atoms with Crippen molar-refractivity contribution in [3.8, 4) is 5.75 Å². The zero-order valence-electron chi connectivity index (χ0n) is 17.8. The summed E-state index contributed by atoms with van der Waals surface area (Å²) < 4.78 is 32.2. The van der Waals surface area contributed by atoms with Crippen LogP contribution in [-0.4, -0.2) is 36.7 Å². The van der Waals surface area contributed by atoms with E-state index in [0.29, 0.717) is 6.42 Å². The lowest BCUT2D eigenvalue weighted by Gasteiger charge is -2.38. The normalized spacial score (nSPS) is 20.5. The van der Waals surface area contributed by atoms with E-state index in [-0.39, 0.29) is 41.8 Å². The molecule has 31 heavy (non-hydrogen) atoms. The van der Waals surface area contributed by atoms with Crippen LogP contribution in [-0.2, 0) is 14.8 Å². The lowest BCUT2D eigenvalue weighted by Crippen LogP contribution is -2.41. The fourth-order valence-electron chi connectivity index (χ4n) is 4.19. The van der Waals surface area contributed by atoms with Crippen LogP contribution in [0.4, 0.5) is 0 Å². The third-order valence-electron chi connectivity index (χ3n) is 5.64. The highest BCUT2D eigenvalue weighted by molar-refractivity contribution is 7.90. The van der Waals surface area contributed by atoms with Crippen LogP contribution in [0.15, 0.2) is 47.4 Å². The van der Waals surface area contributed by atoms with Crippen molar-refractivity contribution in [2.24, 2.45) is 0 Å². The molecule has 0 aromatic heterocycles. The molecule has 8 heteroatoms. The Morgan fingerprint density at radius 2 is 1.97 bits per heavy atom. The first-order valence-electron chi connectivity index (χ1n) is 10.3. The van der Waals surface area contributed by atoms with Gasteiger partial charge >= 0.3 is 0 Å². The van der Waals surface area contributed by atoms with Gasteiger partial charge in [0.25, 0.3) is 15.9 Å². The molecule has 2 aromatic carbocycles. The molecule has 2 amide bonds. The molecule has 7 nitrogen and oxygen atoms in total. The summed E-state index contributed by atoms with van der Waals surface area (Å²) in [7, 11) is -3.84. The van der Waals surface area contributed by atoms with Crippen molar-refractivity contribution in [3.05, 3.63) is 59.2 Å². The second kappa shape index (κ2) is 7.67. The van der Waals surface area contributed by atoms with Crippen molar-refractivity contribution in [3.63, 3.8) is 0 Å². The average molecular weight is 443 g/mol. The molecule has 164 valence electrons. The number of benzene rings is 2. The van der Waals surface area contributed by atoms with Gasteiger partial charge < -0.3 is 10.1 Å². The van der Waals surface area contributed by atoms with Gasteiger partial charge in [0, 0.05) is 24.9 Å². The largest absolute Gasteiger partial charge is 0.487 e. The van der Waals surface area contributed by atoms with E-state index in [2.05, 4.69) is 5.32 Å². The molecule has 2 aromatic rings. The van der Waals surface area contributed by atoms with Gasteiger partial charge in [0.15, 0.2) is 0 Å². The number of hydrogen-bond acceptors (Lipinski definition) is 5. The van der Waals surface area contributed by atoms with Crippen LogP contribution in [0.3, 0.4) is 0 Å². The van der Waals surface area contributed by atoms with E-state index in [1.165, 1.54) is 12.1 Å². The third kappa shape index (κ3) is 4.04. The summed E-state index contributed by atoms with van der Waals surface area (Å²) >= 11 is 0. The van der Waals surface area contributed by atoms with E-state index >= 15 is 0 Å². The number of hydrogen-bond donors (Lipinski definition) is 1. The van der Waals surface area contributed by atoms with E-state index in [1.807, 2.05) is 39.0 Å². The summed E-state index contributed by atoms with van der Waals surface area (Å²) in [5.74, 6) is 0.0512. The van der Waals surface area contributed by atoms with Gasteiger partial charge in [0.05, 0.1) is 11.6 Å². The van der Waals surface area contributed by atoms with Crippen LogP contribution >= 0.6 is 0 Å². The van der Waals surface area contributed by atoms with Crippen LogP contribution in [0, 0.1) is 6.92 Å². The molecular weight excluding hydrogens is 416 g/mol. The Kier molecular flexibility index (Phi) is 5.29. The SMILES string of the molecule is Cc1ccc2c(c1)OC(C)(C)CC2NC(=O)CCCN1C(=O)c2ccccc2S1(=O)=O. The highest BCUT2D eigenvalue weighted by Crippen LogP contribution is 2.40. The van der Waals surface area contributed by atoms with Gasteiger partial charge in [-0.05, 0) is 51.0 Å². The molecule has 0 fully saturated rings. The van der Waals surface area contributed by atoms with Gasteiger partial charge in [-0.3, -0.25) is 9.59 Å². The molecule has 0 aliphatic carbocycles. The second-order valence-electron chi connectivity index (χ2n) is 8.71. The Morgan fingerprint density at radius 1 is 1.23 bits per heavy atom. The first-order chi connectivity index (χ1) is 14.6. The molecule has 1 atom stereocenters. The molecule has 0 spiro atoms. The van der Waals surface area contributed by atoms with E-state index in [9.17, 15) is 18.0 Å². The number of fused-ring (bicyclic) bond motifs is 2. The lowest BCUT2D eigenvalue weighted by molar-refractivity contribution is -0.122. The summed E-state index contributed by atoms with van der Waals surface area (Å²) in [5.41, 5.74) is 1.79. The summed E-state index contributed by atoms with van der Waals surface area (Å²) in [5, 5.41) is 3.05. The van der Waals surface area contributed by atoms with Crippen molar-refractivity contribution in [2.45, 2.75) is 56.6 Å². The van der Waals surface area contributed by atoms with Crippen LogP contribution in [0.1, 0.15) is 60.6 Å². The Labute approximate surface area is 182 Å². The molecule has 2 aliphatic heterocycles. The molecule has 2 aliphatic rings. The Bertz CT molecular complexity index is 1160. The number of ether oxygens (including phenoxy) is 1. The van der Waals surface area contributed by atoms with Crippen molar-refractivity contribution < 1.29 is 22.7 Å². The average Bonchev–Trinajstić information content (AvgIpc) is 2.87. The third-order valence-corrected chi connectivity index (χ3v) is 7.48. The number of amides is 2. The van der Waals surface area contributed by atoms with E-state index in [0.717, 1.165) is 21.2 Å². The number of nitrogens with zero attached hydrogens (tertiary/aromatic N) is 1. The Morgan fingerprint density at radius 3 is 2.71 bits per heavy atom. The van der Waals surface area contributed by atoms with Crippen molar-refractivity contribution in [1.82, 2.24) is 9.62 Å². The zero-order chi connectivity index (χ0) is 22.4. The number of carbonyl (C=O) groups is 2. The summed E-state index contributed by atoms with van der Waals surface area (Å²) in [4.78, 5) is 25.1. The summed E-state index contributed by atoms with van der Waals surface area (Å²) in [6.45, 7) is 5.93. The highest BCUT2D eigenvalue weighted by atomic mass is 32.2. The second-order valence-corrected chi connectivity index (χ2v) is 10.5. The van der Waals surface area contributed by atoms with Gasteiger partial charge in [-0.25, -0.2) is 12.7 Å². The standard InChI is InChI=1S/C23H26N2O5S/c1-15-10-11-16-18(14-23(2,3)30-19(16)13-15)24-21(26)9-6-12-25-22(27)17-7-4-5-8-20(17)31(25,28)29/h4-5,7-8,10-11,13,18H,6,9,12,14H2,1-3H3,(H,24,26). The van der Waals surface area contributed by atoms with Gasteiger partial charge in [0.1, 0.15) is 16.2 Å². The van der Waals surface area contributed by atoms with Crippen molar-refractivity contribution in [1.29, 1.82) is 0 Å². The molecule has 4 rings (SSSR count). The first-order valence-corrected chi connectivity index (χ1v) is 11.8. The maximum atomic E-state index is 12.6. The fraction of sp³-hybridized carbons (Fsp3) is 0.391. The molecular formula is C23H26N2O5S. The lowest BCUT2D eigenvalue weighted by atomic mass is 9.89. The van der Waals surface area contributed by atoms with Crippen molar-refractivity contribution >= 4 is 21.8 Å². The van der Waals surface area contributed by atoms with Crippen LogP contribution < -0.4 is 10.1 Å². The predicted molar refractivity (Wildman–Crippen MR) is 115 cm³/mol. The highest BCUT2D eigenvalue weighted by Gasteiger charge is 2.40. The minimum Gasteiger partial charge on any atom is -0.487 e. The molecule has 0 bridgehead atoms. The van der Waals surface area contributed by atoms with E-state index in [4.69, 9.17) is 4.74 Å². The Balaban J connectivity index is 1.39. The summed E-state index contributed by atoms with van der Waals surface area (Å²) in [6.07, 6.45) is 0.996. The molecule has 2 heterocycles. The number of carbonyl (C=O) groups excluding carboxylic acids is 2. The number of aryl methyl sites for hydroxylation is 1. The predicted octanol–water partition coefficient (Wildman–Crippen LogP) is 3.34. The van der Waals surface area contributed by atoms with Gasteiger partial charge in [0.2, 0.25) is 5.91 Å². The maximum Gasteiger partial charge on any atom is 0.269 e. The molecule has 0 saturated carbocycles. The fourth-order valence-corrected chi connectivity index (χ4v) is 5.80. The van der Waals surface area contributed by atoms with Gasteiger partial charge in [-0.1, -0.05) is 24.3 Å². The molecule has 0 saturated heterocycles. The zero-order valence-corrected chi connectivity index (χ0v) is 18.7. The number of rotatable bonds is 5. The molecule has 1 unspecified atom stereocenters. The summed E-state index contributed by atoms with van der Waals surface area (Å²) in [6, 6.07) is 11.9. The van der Waals surface area contributed by atoms with Crippen LogP contribution in [0.5, 0.6) is 5.75 Å². The maximum absolute atomic E-state index is 12.6. The first kappa shape index (κ1) is 21.4. The minimum absolute atomic E-state index is 0.0285. The minimum atomic E-state index is -3.84. The van der Waals surface area contributed by atoms with Crippen LogP contribution in [0.2, 0.25) is 0 Å². The smallest absolute Gasteiger partial charge is 0.269 e. The number of sulfonamides is 1. The molecule has 1 N–H and O–H groups in total.